The lowest BCUT2D eigenvalue weighted by molar-refractivity contribution is -0.131. The van der Waals surface area contributed by atoms with Crippen molar-refractivity contribution in [1.82, 2.24) is 15.2 Å². The largest absolute Gasteiger partial charge is 0.483 e. The van der Waals surface area contributed by atoms with Gasteiger partial charge in [0.05, 0.1) is 12.2 Å². The second kappa shape index (κ2) is 11.7. The molecule has 2 aliphatic rings. The lowest BCUT2D eigenvalue weighted by Crippen LogP contribution is -2.48. The smallest absolute Gasteiger partial charge is 0.290 e. The number of nitrogens with zero attached hydrogens (tertiary/aromatic N) is 2. The van der Waals surface area contributed by atoms with E-state index in [0.29, 0.717) is 12.8 Å². The zero-order valence-electron chi connectivity index (χ0n) is 16.4. The minimum atomic E-state index is -0.440. The highest BCUT2D eigenvalue weighted by molar-refractivity contribution is 5.79. The normalized spacial score (nSPS) is 26.0. The van der Waals surface area contributed by atoms with Gasteiger partial charge >= 0.3 is 0 Å². The molecular weight excluding hydrogens is 362 g/mol. The van der Waals surface area contributed by atoms with Crippen molar-refractivity contribution in [2.24, 2.45) is 5.92 Å². The lowest BCUT2D eigenvalue weighted by Gasteiger charge is -2.35. The van der Waals surface area contributed by atoms with Crippen LogP contribution in [0, 0.1) is 5.92 Å². The number of likely N-dealkylation sites (tertiary alicyclic amines) is 1. The molecule has 8 heteroatoms. The van der Waals surface area contributed by atoms with Gasteiger partial charge in [0.25, 0.3) is 6.47 Å². The molecule has 1 saturated heterocycles. The Morgan fingerprint density at radius 1 is 1.36 bits per heavy atom. The van der Waals surface area contributed by atoms with E-state index < -0.39 is 6.10 Å². The summed E-state index contributed by atoms with van der Waals surface area (Å²) < 4.78 is 5.30. The average molecular weight is 393 g/mol. The first kappa shape index (κ1) is 22.3. The monoisotopic (exact) mass is 393 g/mol. The zero-order valence-corrected chi connectivity index (χ0v) is 16.4. The molecule has 1 aromatic rings. The Kier molecular flexibility index (Phi) is 9.33. The molecule has 1 aliphatic carbocycles. The topological polar surface area (TPSA) is 112 Å². The molecule has 2 fully saturated rings. The minimum absolute atomic E-state index is 0.0400. The van der Waals surface area contributed by atoms with Crippen molar-refractivity contribution in [3.05, 3.63) is 30.1 Å². The third-order valence-electron chi connectivity index (χ3n) is 5.49. The number of hydrogen-bond donors (Lipinski definition) is 3. The molecule has 0 unspecified atom stereocenters. The van der Waals surface area contributed by atoms with E-state index in [2.05, 4.69) is 21.3 Å². The number of carbonyl (C=O) groups is 2. The van der Waals surface area contributed by atoms with Gasteiger partial charge in [-0.3, -0.25) is 19.5 Å². The van der Waals surface area contributed by atoms with Gasteiger partial charge < -0.3 is 20.3 Å². The molecule has 1 saturated carbocycles. The van der Waals surface area contributed by atoms with Gasteiger partial charge in [-0.1, -0.05) is 6.07 Å². The van der Waals surface area contributed by atoms with Crippen LogP contribution in [0.15, 0.2) is 24.5 Å². The third-order valence-corrected chi connectivity index (χ3v) is 5.49. The summed E-state index contributed by atoms with van der Waals surface area (Å²) in [4.78, 5) is 27.5. The molecule has 0 bridgehead atoms. The Balaban J connectivity index is 0.000000878. The van der Waals surface area contributed by atoms with Crippen LogP contribution in [-0.2, 0) is 20.9 Å². The first-order valence-electron chi connectivity index (χ1n) is 9.77. The maximum absolute atomic E-state index is 12.5. The van der Waals surface area contributed by atoms with Crippen LogP contribution in [0.5, 0.6) is 0 Å². The predicted octanol–water partition coefficient (Wildman–Crippen LogP) is 1.04. The molecule has 28 heavy (non-hydrogen) atoms. The fraction of sp³-hybridized carbons (Fsp3) is 0.650. The number of methoxy groups -OCH3 is 1. The number of carboxylic acid groups (broad SMARTS) is 1. The fourth-order valence-corrected chi connectivity index (χ4v) is 3.91. The summed E-state index contributed by atoms with van der Waals surface area (Å²) in [5, 5.41) is 20.0. The molecule has 2 heterocycles. The van der Waals surface area contributed by atoms with Gasteiger partial charge in [-0.05, 0) is 43.7 Å². The van der Waals surface area contributed by atoms with Gasteiger partial charge in [-0.15, -0.1) is 0 Å². The highest BCUT2D eigenvalue weighted by Gasteiger charge is 2.34. The van der Waals surface area contributed by atoms with E-state index in [1.54, 1.807) is 13.3 Å². The second-order valence-corrected chi connectivity index (χ2v) is 7.38. The number of hydrogen-bond acceptors (Lipinski definition) is 6. The molecule has 3 atom stereocenters. The number of ether oxygens (including phenoxy) is 1. The Hall–Kier alpha value is -2.03. The number of carbonyl (C=O) groups excluding carboxylic acids is 1. The molecule has 1 amide bonds. The number of aliphatic hydroxyl groups excluding tert-OH is 1. The first-order valence-corrected chi connectivity index (χ1v) is 9.77. The van der Waals surface area contributed by atoms with Crippen molar-refractivity contribution in [2.75, 3.05) is 20.2 Å². The number of aromatic nitrogens is 1. The summed E-state index contributed by atoms with van der Waals surface area (Å²) in [7, 11) is 1.60. The van der Waals surface area contributed by atoms with Crippen molar-refractivity contribution >= 4 is 12.4 Å². The average Bonchev–Trinajstić information content (AvgIpc) is 2.71. The van der Waals surface area contributed by atoms with Crippen LogP contribution in [0.4, 0.5) is 0 Å². The summed E-state index contributed by atoms with van der Waals surface area (Å²) >= 11 is 0. The van der Waals surface area contributed by atoms with E-state index in [1.165, 1.54) is 5.56 Å². The SMILES string of the molecule is CO[C@@H]1C[C@H](C(=O)NC2CCN(Cc3cccnc3)CC2)CC[C@@H]1O.O=CO. The Labute approximate surface area is 165 Å². The van der Waals surface area contributed by atoms with E-state index in [1.807, 2.05) is 12.3 Å². The van der Waals surface area contributed by atoms with Crippen LogP contribution >= 0.6 is 0 Å². The summed E-state index contributed by atoms with van der Waals surface area (Å²) in [6, 6.07) is 4.33. The summed E-state index contributed by atoms with van der Waals surface area (Å²) in [5.74, 6) is 0.0847. The van der Waals surface area contributed by atoms with Crippen LogP contribution in [0.1, 0.15) is 37.7 Å². The standard InChI is InChI=1S/C19H29N3O3.CH2O2/c1-25-18-11-15(4-5-17(18)23)19(24)21-16-6-9-22(10-7-16)13-14-3-2-8-20-12-14;2-1-3/h2-3,8,12,15-18,23H,4-7,9-11,13H2,1H3,(H,21,24);1H,(H,2,3)/t15-,17+,18-;/m1./s1. The van der Waals surface area contributed by atoms with Crippen LogP contribution in [0.25, 0.3) is 0 Å². The van der Waals surface area contributed by atoms with Crippen LogP contribution < -0.4 is 5.32 Å². The summed E-state index contributed by atoms with van der Waals surface area (Å²) in [6.45, 7) is 2.65. The van der Waals surface area contributed by atoms with Crippen LogP contribution in [0.2, 0.25) is 0 Å². The maximum Gasteiger partial charge on any atom is 0.290 e. The van der Waals surface area contributed by atoms with E-state index >= 15 is 0 Å². The van der Waals surface area contributed by atoms with Crippen LogP contribution in [-0.4, -0.2) is 70.9 Å². The zero-order chi connectivity index (χ0) is 20.4. The van der Waals surface area contributed by atoms with Gasteiger partial charge in [0.2, 0.25) is 5.91 Å². The van der Waals surface area contributed by atoms with Crippen molar-refractivity contribution in [3.8, 4) is 0 Å². The maximum atomic E-state index is 12.5. The highest BCUT2D eigenvalue weighted by atomic mass is 16.5. The molecule has 0 radical (unpaired) electrons. The molecular formula is C20H31N3O5. The summed E-state index contributed by atoms with van der Waals surface area (Å²) in [6.07, 6.45) is 7.01. The molecule has 0 spiro atoms. The highest BCUT2D eigenvalue weighted by Crippen LogP contribution is 2.27. The van der Waals surface area contributed by atoms with Gasteiger partial charge in [0.15, 0.2) is 0 Å². The van der Waals surface area contributed by atoms with Crippen molar-refractivity contribution in [2.45, 2.75) is 56.9 Å². The molecule has 1 aromatic heterocycles. The fourth-order valence-electron chi connectivity index (χ4n) is 3.91. The molecule has 8 nitrogen and oxygen atoms in total. The number of aliphatic hydroxyl groups is 1. The van der Waals surface area contributed by atoms with Gasteiger partial charge in [-0.25, -0.2) is 0 Å². The predicted molar refractivity (Wildman–Crippen MR) is 104 cm³/mol. The molecule has 156 valence electrons. The minimum Gasteiger partial charge on any atom is -0.483 e. The van der Waals surface area contributed by atoms with Crippen molar-refractivity contribution in [3.63, 3.8) is 0 Å². The molecule has 1 aliphatic heterocycles. The second-order valence-electron chi connectivity index (χ2n) is 7.38. The van der Waals surface area contributed by atoms with Gasteiger partial charge in [0.1, 0.15) is 0 Å². The molecule has 3 N–H and O–H groups in total. The van der Waals surface area contributed by atoms with E-state index in [4.69, 9.17) is 14.6 Å². The molecule has 0 aromatic carbocycles. The number of piperidine rings is 1. The first-order chi connectivity index (χ1) is 13.6. The van der Waals surface area contributed by atoms with Gasteiger partial charge in [0, 0.05) is 51.1 Å². The van der Waals surface area contributed by atoms with E-state index in [0.717, 1.165) is 38.9 Å². The number of amides is 1. The van der Waals surface area contributed by atoms with Crippen molar-refractivity contribution in [1.29, 1.82) is 0 Å². The third kappa shape index (κ3) is 6.85. The van der Waals surface area contributed by atoms with Crippen molar-refractivity contribution < 1.29 is 24.5 Å². The number of rotatable bonds is 5. The quantitative estimate of drug-likeness (QED) is 0.641. The Morgan fingerprint density at radius 2 is 2.07 bits per heavy atom. The van der Waals surface area contributed by atoms with Gasteiger partial charge in [-0.2, -0.15) is 0 Å². The van der Waals surface area contributed by atoms with E-state index in [9.17, 15) is 9.90 Å². The summed E-state index contributed by atoms with van der Waals surface area (Å²) in [5.41, 5.74) is 1.23. The molecule has 3 rings (SSSR count). The number of nitrogens with one attached hydrogen (secondary N) is 1. The Bertz CT molecular complexity index is 593. The van der Waals surface area contributed by atoms with E-state index in [-0.39, 0.29) is 30.4 Å². The van der Waals surface area contributed by atoms with Crippen LogP contribution in [0.3, 0.4) is 0 Å². The Morgan fingerprint density at radius 3 is 2.68 bits per heavy atom. The lowest BCUT2D eigenvalue weighted by atomic mass is 9.84. The number of pyridine rings is 1.